The van der Waals surface area contributed by atoms with Crippen LogP contribution in [0.25, 0.3) is 0 Å². The van der Waals surface area contributed by atoms with Crippen LogP contribution in [0.5, 0.6) is 0 Å². The van der Waals surface area contributed by atoms with Gasteiger partial charge in [0, 0.05) is 44.3 Å². The largest absolute Gasteiger partial charge is 0.394 e. The van der Waals surface area contributed by atoms with Crippen molar-refractivity contribution in [3.05, 3.63) is 0 Å². The van der Waals surface area contributed by atoms with Gasteiger partial charge in [0.25, 0.3) is 0 Å². The molecule has 30 heteroatoms. The molecular weight excluding hydrogens is 1120 g/mol. The van der Waals surface area contributed by atoms with Crippen LogP contribution in [0, 0.1) is 29.6 Å². The molecule has 0 spiro atoms. The first-order valence-electron chi connectivity index (χ1n) is 30.1. The Balaban J connectivity index is 1.01. The Bertz CT molecular complexity index is 2170. The van der Waals surface area contributed by atoms with Crippen LogP contribution in [0.4, 0.5) is 0 Å². The lowest BCUT2D eigenvalue weighted by Crippen LogP contribution is -2.67. The van der Waals surface area contributed by atoms with Gasteiger partial charge in [-0.2, -0.15) is 0 Å². The Morgan fingerprint density at radius 3 is 1.89 bits per heavy atom. The molecule has 4 heterocycles. The first kappa shape index (κ1) is 70.8. The van der Waals surface area contributed by atoms with Gasteiger partial charge < -0.3 is 128 Å². The van der Waals surface area contributed by atoms with Crippen LogP contribution in [-0.2, 0) is 47.5 Å². The molecule has 85 heavy (non-hydrogen) atoms. The Morgan fingerprint density at radius 1 is 0.706 bits per heavy atom. The zero-order valence-electron chi connectivity index (χ0n) is 50.3. The van der Waals surface area contributed by atoms with Crippen molar-refractivity contribution >= 4 is 23.7 Å². The maximum absolute atomic E-state index is 13.1. The van der Waals surface area contributed by atoms with E-state index in [1.54, 1.807) is 6.92 Å². The number of ether oxygens (including phenoxy) is 8. The van der Waals surface area contributed by atoms with E-state index in [0.29, 0.717) is 32.2 Å². The zero-order valence-corrected chi connectivity index (χ0v) is 50.3. The maximum Gasteiger partial charge on any atom is 0.220 e. The molecule has 492 valence electrons. The van der Waals surface area contributed by atoms with Crippen molar-refractivity contribution in [3.8, 4) is 0 Å². The number of hydrogen-bond acceptors (Lipinski definition) is 24. The molecule has 30 nitrogen and oxygen atoms in total. The smallest absolute Gasteiger partial charge is 0.220 e. The quantitative estimate of drug-likeness (QED) is 0.0218. The standard InChI is InChI=1S/C55H101N9O21/c1-9-24(3)30-14-13-28(48(80-30)82-44-25(4)20-26(5)45(43(44)75)83-50-37(69)29(10-2)54(7,76)23-78-50)12-11-17-60-32(67)15-16-33(68)61-18-19-64(8)36-41(73)38(70)31(21-65)81-49(36)85-47-51(79-27(6)55(47,77)22-66)84-46-35(63-53(58)59)39(71)34(62-52(56)57)40(72)42(46)74/h24-31,34-51,65-66,69-77H,9-23H2,1-8H3,(H,60,67)(H,61,68)(H4,56,57,62)(H4,58,59,63)/t24?,25-,26+,27-,28+,29+,30-,31?,34?,35-,36?,37+,38-,39?,40-,41+,42?,43-,44?,45?,46-,47?,48?,49-,50?,51-,54-,55-/m0/s1. The molecule has 21 N–H and O–H groups in total. The number of aliphatic hydroxyl groups excluding tert-OH is 9. The van der Waals surface area contributed by atoms with Crippen molar-refractivity contribution in [3.63, 3.8) is 0 Å². The minimum atomic E-state index is -2.31. The van der Waals surface area contributed by atoms with E-state index >= 15 is 0 Å². The number of aliphatic hydroxyl groups is 11. The van der Waals surface area contributed by atoms with Gasteiger partial charge in [-0.25, -0.2) is 9.98 Å². The molecule has 11 unspecified atom stereocenters. The summed E-state index contributed by atoms with van der Waals surface area (Å²) in [6.45, 7) is 11.6. The fraction of sp³-hybridized carbons (Fsp3) is 0.927. The summed E-state index contributed by atoms with van der Waals surface area (Å²) in [5.41, 5.74) is 18.8. The van der Waals surface area contributed by atoms with Crippen LogP contribution in [-0.4, -0.2) is 271 Å². The average Bonchev–Trinajstić information content (AvgIpc) is 2.00. The third kappa shape index (κ3) is 16.7. The topological polar surface area (TPSA) is 487 Å². The van der Waals surface area contributed by atoms with Crippen LogP contribution in [0.2, 0.25) is 0 Å². The van der Waals surface area contributed by atoms with E-state index in [1.165, 1.54) is 18.9 Å². The summed E-state index contributed by atoms with van der Waals surface area (Å²) in [5.74, 6) is -2.34. The van der Waals surface area contributed by atoms with Crippen molar-refractivity contribution in [1.82, 2.24) is 15.5 Å². The highest BCUT2D eigenvalue weighted by atomic mass is 16.8. The average molecular weight is 1220 g/mol. The van der Waals surface area contributed by atoms with Crippen LogP contribution in [0.1, 0.15) is 106 Å². The van der Waals surface area contributed by atoms with E-state index in [4.69, 9.17) is 60.8 Å². The molecule has 2 saturated carbocycles. The highest BCUT2D eigenvalue weighted by molar-refractivity contribution is 5.83. The third-order valence-electron chi connectivity index (χ3n) is 18.5. The molecule has 0 bridgehead atoms. The molecule has 0 aromatic heterocycles. The van der Waals surface area contributed by atoms with Gasteiger partial charge in [-0.3, -0.25) is 14.5 Å². The van der Waals surface area contributed by atoms with Crippen LogP contribution in [0.3, 0.4) is 0 Å². The highest BCUT2D eigenvalue weighted by Gasteiger charge is 2.61. The van der Waals surface area contributed by atoms with Crippen LogP contribution in [0.15, 0.2) is 9.98 Å². The van der Waals surface area contributed by atoms with Crippen molar-refractivity contribution in [1.29, 1.82) is 0 Å². The summed E-state index contributed by atoms with van der Waals surface area (Å²) >= 11 is 0. The number of hydrogen-bond donors (Lipinski definition) is 17. The number of amides is 2. The SMILES string of the molecule is CCC(C)[C@@H]1CC[C@@H](CCCNC(=O)CCC(=O)NCCN(C)C2[C@H](OC3[C@H](O[C@@H]4C(O)[C@@H](O)C(N=C(N)N)C(O)[C@@H]4N=C(N)N)O[C@@H](C)[C@@]3(O)CO)OC(CO)[C@H](O)[C@@H]2O)C(OC2[C@H](O)C(OC3OC[C@](C)(O)[C@H](CC)[C@H]3O)[C@H](C)C[C@@H]2C)O1. The van der Waals surface area contributed by atoms with Crippen LogP contribution >= 0.6 is 0 Å². The summed E-state index contributed by atoms with van der Waals surface area (Å²) in [4.78, 5) is 35.4. The lowest BCUT2D eigenvalue weighted by molar-refractivity contribution is -0.327. The molecular formula is C55H101N9O21. The number of aliphatic imine (C=N–C) groups is 2. The Labute approximate surface area is 496 Å². The number of carbonyl (C=O) groups is 2. The Kier molecular flexibility index (Phi) is 25.8. The summed E-state index contributed by atoms with van der Waals surface area (Å²) < 4.78 is 49.8. The van der Waals surface area contributed by atoms with Gasteiger partial charge in [0.2, 0.25) is 11.8 Å². The third-order valence-corrected chi connectivity index (χ3v) is 18.5. The molecule has 2 amide bonds. The molecule has 6 aliphatic rings. The second-order valence-corrected chi connectivity index (χ2v) is 24.7. The second kappa shape index (κ2) is 30.9. The van der Waals surface area contributed by atoms with E-state index < -0.39 is 171 Å². The number of rotatable bonds is 26. The second-order valence-electron chi connectivity index (χ2n) is 24.7. The number of likely N-dealkylation sites (N-methyl/N-ethyl adjacent to an activating group) is 1. The van der Waals surface area contributed by atoms with Gasteiger partial charge in [0.15, 0.2) is 37.1 Å². The van der Waals surface area contributed by atoms with Gasteiger partial charge in [-0.05, 0) is 77.2 Å². The monoisotopic (exact) mass is 1220 g/mol. The number of nitrogens with zero attached hydrogens (tertiary/aromatic N) is 3. The molecule has 4 aliphatic heterocycles. The first-order chi connectivity index (χ1) is 40.0. The lowest BCUT2D eigenvalue weighted by Gasteiger charge is -2.49. The molecule has 0 radical (unpaired) electrons. The van der Waals surface area contributed by atoms with Crippen molar-refractivity contribution in [2.45, 2.75) is 246 Å². The first-order valence-corrected chi connectivity index (χ1v) is 30.1. The Morgan fingerprint density at radius 2 is 1.31 bits per heavy atom. The molecule has 2 aliphatic carbocycles. The van der Waals surface area contributed by atoms with E-state index in [-0.39, 0.29) is 68.2 Å². The predicted molar refractivity (Wildman–Crippen MR) is 302 cm³/mol. The number of nitrogens with two attached hydrogens (primary N) is 4. The normalized spacial score (nSPS) is 43.6. The van der Waals surface area contributed by atoms with E-state index in [0.717, 1.165) is 19.3 Å². The van der Waals surface area contributed by atoms with Crippen molar-refractivity contribution < 1.29 is 104 Å². The molecule has 4 saturated heterocycles. The maximum atomic E-state index is 13.1. The fourth-order valence-electron chi connectivity index (χ4n) is 13.1. The molecule has 6 rings (SSSR count). The number of carbonyl (C=O) groups excluding carboxylic acids is 2. The van der Waals surface area contributed by atoms with E-state index in [9.17, 15) is 65.8 Å². The molecule has 0 aromatic carbocycles. The van der Waals surface area contributed by atoms with Gasteiger partial charge in [-0.1, -0.05) is 41.0 Å². The fourth-order valence-corrected chi connectivity index (χ4v) is 13.1. The van der Waals surface area contributed by atoms with E-state index in [2.05, 4.69) is 34.5 Å². The zero-order chi connectivity index (χ0) is 63.0. The van der Waals surface area contributed by atoms with E-state index in [1.807, 2.05) is 20.8 Å². The van der Waals surface area contributed by atoms with Crippen LogP contribution < -0.4 is 33.6 Å². The van der Waals surface area contributed by atoms with Gasteiger partial charge in [0.1, 0.15) is 78.7 Å². The summed E-state index contributed by atoms with van der Waals surface area (Å²) in [7, 11) is 1.51. The minimum Gasteiger partial charge on any atom is -0.394 e. The molecule has 28 atom stereocenters. The molecule has 6 fully saturated rings. The van der Waals surface area contributed by atoms with Gasteiger partial charge in [-0.15, -0.1) is 0 Å². The summed E-state index contributed by atoms with van der Waals surface area (Å²) in [5, 5.41) is 128. The highest BCUT2D eigenvalue weighted by Crippen LogP contribution is 2.43. The van der Waals surface area contributed by atoms with Gasteiger partial charge >= 0.3 is 0 Å². The number of nitrogens with one attached hydrogen (secondary N) is 2. The minimum absolute atomic E-state index is 0.0199. The molecule has 0 aromatic rings. The summed E-state index contributed by atoms with van der Waals surface area (Å²) in [6, 6.07) is -4.41. The predicted octanol–water partition coefficient (Wildman–Crippen LogP) is -5.39. The van der Waals surface area contributed by atoms with Gasteiger partial charge in [0.05, 0.1) is 55.9 Å². The lowest BCUT2D eigenvalue weighted by atomic mass is 9.76. The Hall–Kier alpha value is -3.32. The van der Waals surface area contributed by atoms with Crippen molar-refractivity contribution in [2.75, 3.05) is 46.5 Å². The number of guanidine groups is 2. The van der Waals surface area contributed by atoms with Crippen molar-refractivity contribution in [2.24, 2.45) is 62.5 Å². The summed E-state index contributed by atoms with van der Waals surface area (Å²) in [6.07, 6.45) is -19.2.